The van der Waals surface area contributed by atoms with Gasteiger partial charge in [-0.15, -0.1) is 0 Å². The lowest BCUT2D eigenvalue weighted by Gasteiger charge is -2.33. The van der Waals surface area contributed by atoms with Gasteiger partial charge < -0.3 is 5.32 Å². The summed E-state index contributed by atoms with van der Waals surface area (Å²) in [6.07, 6.45) is 0.931. The predicted molar refractivity (Wildman–Crippen MR) is 94.1 cm³/mol. The molecule has 1 amide bonds. The molecule has 2 rings (SSSR count). The van der Waals surface area contributed by atoms with Gasteiger partial charge in [0.05, 0.1) is 6.54 Å². The van der Waals surface area contributed by atoms with Crippen LogP contribution in [0.4, 0.5) is 4.39 Å². The number of nitrogens with one attached hydrogen (secondary N) is 1. The van der Waals surface area contributed by atoms with Crippen LogP contribution in [0.1, 0.15) is 20.3 Å². The minimum atomic E-state index is -3.84. The molecule has 1 aromatic rings. The number of benzene rings is 1. The van der Waals surface area contributed by atoms with Gasteiger partial charge >= 0.3 is 0 Å². The van der Waals surface area contributed by atoms with Crippen LogP contribution in [-0.4, -0.2) is 62.8 Å². The fourth-order valence-electron chi connectivity index (χ4n) is 2.68. The van der Waals surface area contributed by atoms with E-state index < -0.39 is 15.8 Å². The minimum Gasteiger partial charge on any atom is -0.355 e. The zero-order valence-electron chi connectivity index (χ0n) is 14.7. The smallest absolute Gasteiger partial charge is 0.246 e. The third-order valence-electron chi connectivity index (χ3n) is 4.20. The zero-order valence-corrected chi connectivity index (χ0v) is 15.6. The SMILES string of the molecule is CC(C)CCNC(=O)CN1CCN(S(=O)(=O)c2ccccc2F)CC1. The highest BCUT2D eigenvalue weighted by Gasteiger charge is 2.30. The molecule has 0 unspecified atom stereocenters. The van der Waals surface area contributed by atoms with Crippen LogP contribution in [0.15, 0.2) is 29.2 Å². The van der Waals surface area contributed by atoms with Crippen LogP contribution in [0.3, 0.4) is 0 Å². The normalized spacial score (nSPS) is 17.0. The van der Waals surface area contributed by atoms with E-state index in [1.165, 1.54) is 22.5 Å². The third kappa shape index (κ3) is 5.49. The average molecular weight is 371 g/mol. The van der Waals surface area contributed by atoms with Crippen LogP contribution in [0.5, 0.6) is 0 Å². The molecule has 1 aliphatic heterocycles. The van der Waals surface area contributed by atoms with Crippen LogP contribution in [0.2, 0.25) is 0 Å². The first-order valence-corrected chi connectivity index (χ1v) is 9.98. The van der Waals surface area contributed by atoms with Crippen molar-refractivity contribution < 1.29 is 17.6 Å². The number of hydrogen-bond acceptors (Lipinski definition) is 4. The van der Waals surface area contributed by atoms with E-state index in [1.54, 1.807) is 0 Å². The molecule has 1 fully saturated rings. The molecule has 1 aliphatic rings. The van der Waals surface area contributed by atoms with Gasteiger partial charge in [-0.05, 0) is 24.5 Å². The molecule has 1 heterocycles. The second-order valence-corrected chi connectivity index (χ2v) is 8.55. The molecule has 6 nitrogen and oxygen atoms in total. The molecular weight excluding hydrogens is 345 g/mol. The van der Waals surface area contributed by atoms with E-state index in [1.807, 2.05) is 4.90 Å². The summed E-state index contributed by atoms with van der Waals surface area (Å²) in [6, 6.07) is 5.39. The van der Waals surface area contributed by atoms with Crippen molar-refractivity contribution in [1.29, 1.82) is 0 Å². The number of amides is 1. The monoisotopic (exact) mass is 371 g/mol. The Morgan fingerprint density at radius 2 is 1.84 bits per heavy atom. The topological polar surface area (TPSA) is 69.7 Å². The number of nitrogens with zero attached hydrogens (tertiary/aromatic N) is 2. The van der Waals surface area contributed by atoms with Crippen molar-refractivity contribution in [3.8, 4) is 0 Å². The van der Waals surface area contributed by atoms with E-state index in [-0.39, 0.29) is 30.4 Å². The molecule has 1 aromatic carbocycles. The molecule has 0 saturated carbocycles. The Morgan fingerprint density at radius 3 is 2.44 bits per heavy atom. The van der Waals surface area contributed by atoms with Crippen molar-refractivity contribution in [2.75, 3.05) is 39.3 Å². The Bertz CT molecular complexity index is 686. The number of sulfonamides is 1. The van der Waals surface area contributed by atoms with Gasteiger partial charge in [0, 0.05) is 32.7 Å². The summed E-state index contributed by atoms with van der Waals surface area (Å²) in [4.78, 5) is 13.5. The van der Waals surface area contributed by atoms with Gasteiger partial charge in [0.2, 0.25) is 15.9 Å². The molecule has 1 saturated heterocycles. The fourth-order valence-corrected chi connectivity index (χ4v) is 4.17. The number of halogens is 1. The summed E-state index contributed by atoms with van der Waals surface area (Å²) in [7, 11) is -3.84. The zero-order chi connectivity index (χ0) is 18.4. The largest absolute Gasteiger partial charge is 0.355 e. The molecule has 0 aromatic heterocycles. The number of carbonyl (C=O) groups is 1. The lowest BCUT2D eigenvalue weighted by Crippen LogP contribution is -2.51. The molecule has 140 valence electrons. The van der Waals surface area contributed by atoms with Crippen molar-refractivity contribution in [1.82, 2.24) is 14.5 Å². The third-order valence-corrected chi connectivity index (χ3v) is 6.13. The van der Waals surface area contributed by atoms with Crippen LogP contribution in [0.25, 0.3) is 0 Å². The van der Waals surface area contributed by atoms with Gasteiger partial charge in [0.15, 0.2) is 0 Å². The summed E-state index contributed by atoms with van der Waals surface area (Å²) in [5.41, 5.74) is 0. The summed E-state index contributed by atoms with van der Waals surface area (Å²) in [6.45, 7) is 6.50. The highest BCUT2D eigenvalue weighted by molar-refractivity contribution is 7.89. The summed E-state index contributed by atoms with van der Waals surface area (Å²) >= 11 is 0. The Kier molecular flexibility index (Phi) is 6.92. The summed E-state index contributed by atoms with van der Waals surface area (Å²) in [5.74, 6) is -0.257. The maximum atomic E-state index is 13.8. The van der Waals surface area contributed by atoms with Crippen LogP contribution >= 0.6 is 0 Å². The van der Waals surface area contributed by atoms with Crippen molar-refractivity contribution in [3.05, 3.63) is 30.1 Å². The Labute approximate surface area is 149 Å². The lowest BCUT2D eigenvalue weighted by atomic mass is 10.1. The maximum absolute atomic E-state index is 13.8. The molecule has 25 heavy (non-hydrogen) atoms. The second-order valence-electron chi connectivity index (χ2n) is 6.64. The lowest BCUT2D eigenvalue weighted by molar-refractivity contribution is -0.122. The van der Waals surface area contributed by atoms with E-state index in [0.29, 0.717) is 25.6 Å². The first-order valence-electron chi connectivity index (χ1n) is 8.54. The van der Waals surface area contributed by atoms with Crippen LogP contribution in [0, 0.1) is 11.7 Å². The molecule has 0 radical (unpaired) electrons. The van der Waals surface area contributed by atoms with Crippen molar-refractivity contribution in [2.45, 2.75) is 25.2 Å². The number of carbonyl (C=O) groups excluding carboxylic acids is 1. The Hall–Kier alpha value is -1.51. The Morgan fingerprint density at radius 1 is 1.20 bits per heavy atom. The summed E-state index contributed by atoms with van der Waals surface area (Å²) < 4.78 is 40.1. The van der Waals surface area contributed by atoms with E-state index in [4.69, 9.17) is 0 Å². The standard InChI is InChI=1S/C17H26FN3O3S/c1-14(2)7-8-19-17(22)13-20-9-11-21(12-10-20)25(23,24)16-6-4-3-5-15(16)18/h3-6,14H,7-13H2,1-2H3,(H,19,22). The van der Waals surface area contributed by atoms with Crippen molar-refractivity contribution in [2.24, 2.45) is 5.92 Å². The first-order chi connectivity index (χ1) is 11.8. The fraction of sp³-hybridized carbons (Fsp3) is 0.588. The van der Waals surface area contributed by atoms with Gasteiger partial charge in [-0.3, -0.25) is 9.69 Å². The first kappa shape index (κ1) is 19.8. The molecule has 0 bridgehead atoms. The quantitative estimate of drug-likeness (QED) is 0.784. The van der Waals surface area contributed by atoms with Crippen molar-refractivity contribution >= 4 is 15.9 Å². The van der Waals surface area contributed by atoms with E-state index >= 15 is 0 Å². The van der Waals surface area contributed by atoms with E-state index in [2.05, 4.69) is 19.2 Å². The van der Waals surface area contributed by atoms with Gasteiger partial charge in [-0.2, -0.15) is 4.31 Å². The van der Waals surface area contributed by atoms with Gasteiger partial charge in [0.1, 0.15) is 10.7 Å². The van der Waals surface area contributed by atoms with Crippen molar-refractivity contribution in [3.63, 3.8) is 0 Å². The molecule has 0 aliphatic carbocycles. The maximum Gasteiger partial charge on any atom is 0.246 e. The number of hydrogen-bond donors (Lipinski definition) is 1. The van der Waals surface area contributed by atoms with Crippen LogP contribution < -0.4 is 5.32 Å². The van der Waals surface area contributed by atoms with E-state index in [9.17, 15) is 17.6 Å². The Balaban J connectivity index is 1.85. The van der Waals surface area contributed by atoms with Gasteiger partial charge in [-0.1, -0.05) is 26.0 Å². The van der Waals surface area contributed by atoms with Crippen LogP contribution in [-0.2, 0) is 14.8 Å². The molecule has 1 N–H and O–H groups in total. The average Bonchev–Trinajstić information content (AvgIpc) is 2.55. The second kappa shape index (κ2) is 8.73. The summed E-state index contributed by atoms with van der Waals surface area (Å²) in [5, 5.41) is 2.87. The minimum absolute atomic E-state index is 0.0499. The molecule has 0 spiro atoms. The highest BCUT2D eigenvalue weighted by atomic mass is 32.2. The number of rotatable bonds is 7. The van der Waals surface area contributed by atoms with Gasteiger partial charge in [0.25, 0.3) is 0 Å². The predicted octanol–water partition coefficient (Wildman–Crippen LogP) is 1.29. The molecular formula is C17H26FN3O3S. The number of piperazine rings is 1. The van der Waals surface area contributed by atoms with Gasteiger partial charge in [-0.25, -0.2) is 12.8 Å². The highest BCUT2D eigenvalue weighted by Crippen LogP contribution is 2.20. The molecule has 8 heteroatoms. The van der Waals surface area contributed by atoms with E-state index in [0.717, 1.165) is 12.5 Å². The molecule has 0 atom stereocenters.